The summed E-state index contributed by atoms with van der Waals surface area (Å²) in [6.45, 7) is 2.77. The Hall–Kier alpha value is -3.04. The molecule has 6 rings (SSSR count). The van der Waals surface area contributed by atoms with E-state index in [1.165, 1.54) is 11.0 Å². The number of aliphatic hydroxyl groups excluding tert-OH is 3. The van der Waals surface area contributed by atoms with Crippen molar-refractivity contribution in [3.05, 3.63) is 52.0 Å². The number of likely N-dealkylation sites (N-methyl/N-ethyl adjacent to an activating group) is 1. The number of ether oxygens (including phenoxy) is 4. The van der Waals surface area contributed by atoms with Crippen LogP contribution in [0.25, 0.3) is 0 Å². The molecule has 0 bridgehead atoms. The van der Waals surface area contributed by atoms with Crippen LogP contribution in [-0.2, 0) is 34.3 Å². The molecule has 2 spiro atoms. The second-order valence-electron chi connectivity index (χ2n) is 11.4. The van der Waals surface area contributed by atoms with Gasteiger partial charge in [0.1, 0.15) is 22.8 Å². The van der Waals surface area contributed by atoms with Crippen molar-refractivity contribution in [2.45, 2.75) is 49.1 Å². The van der Waals surface area contributed by atoms with Crippen molar-refractivity contribution in [2.75, 3.05) is 40.5 Å². The Bertz CT molecular complexity index is 1370. The first-order valence-corrected chi connectivity index (χ1v) is 13.5. The van der Waals surface area contributed by atoms with Crippen LogP contribution in [0.5, 0.6) is 5.75 Å². The zero-order chi connectivity index (χ0) is 29.6. The van der Waals surface area contributed by atoms with E-state index in [2.05, 4.69) is 5.32 Å². The quantitative estimate of drug-likeness (QED) is 0.278. The Kier molecular flexibility index (Phi) is 6.33. The third-order valence-electron chi connectivity index (χ3n) is 9.12. The van der Waals surface area contributed by atoms with Crippen LogP contribution in [0.4, 0.5) is 0 Å². The predicted molar refractivity (Wildman–Crippen MR) is 138 cm³/mol. The number of benzene rings is 1. The highest BCUT2D eigenvalue weighted by molar-refractivity contribution is 6.05. The van der Waals surface area contributed by atoms with E-state index >= 15 is 0 Å². The Labute approximate surface area is 235 Å². The second-order valence-corrected chi connectivity index (χ2v) is 11.4. The smallest absolute Gasteiger partial charge is 0.262 e. The lowest BCUT2D eigenvalue weighted by molar-refractivity contribution is -0.296. The summed E-state index contributed by atoms with van der Waals surface area (Å²) < 4.78 is 24.1. The molecular weight excluding hydrogens is 540 g/mol. The fourth-order valence-corrected chi connectivity index (χ4v) is 7.72. The number of imide groups is 1. The SMILES string of the molecule is CC(=O)NC(=O)C1=C(O)[C@@H](N(C)C)[C@@H]2[C@@H](O)[C@H]3C(=C(O)[C@]2(O)C12OCCO2)C1(OCCO1)c1c(O)cccc1[C@@H]3C. The number of rotatable bonds is 2. The summed E-state index contributed by atoms with van der Waals surface area (Å²) in [7, 11) is 3.14. The lowest BCUT2D eigenvalue weighted by Gasteiger charge is -2.60. The molecule has 5 aliphatic rings. The Morgan fingerprint density at radius 3 is 2.22 bits per heavy atom. The van der Waals surface area contributed by atoms with E-state index in [0.29, 0.717) is 5.56 Å². The maximum atomic E-state index is 13.5. The van der Waals surface area contributed by atoms with Gasteiger partial charge in [-0.1, -0.05) is 19.1 Å². The van der Waals surface area contributed by atoms with Gasteiger partial charge in [0.05, 0.1) is 50.1 Å². The van der Waals surface area contributed by atoms with Gasteiger partial charge in [-0.15, -0.1) is 0 Å². The van der Waals surface area contributed by atoms with Crippen molar-refractivity contribution in [1.82, 2.24) is 10.2 Å². The number of carbonyl (C=O) groups excluding carboxylic acids is 2. The topological polar surface area (TPSA) is 187 Å². The van der Waals surface area contributed by atoms with E-state index in [1.807, 2.05) is 0 Å². The van der Waals surface area contributed by atoms with Crippen LogP contribution < -0.4 is 5.32 Å². The molecule has 1 aromatic rings. The zero-order valence-corrected chi connectivity index (χ0v) is 23.1. The first-order chi connectivity index (χ1) is 19.3. The molecule has 0 aromatic heterocycles. The van der Waals surface area contributed by atoms with Crippen molar-refractivity contribution < 1.29 is 54.1 Å². The number of nitrogens with zero attached hydrogens (tertiary/aromatic N) is 1. The summed E-state index contributed by atoms with van der Waals surface area (Å²) >= 11 is 0. The molecule has 1 aromatic carbocycles. The van der Waals surface area contributed by atoms with Gasteiger partial charge in [0.25, 0.3) is 5.91 Å². The minimum atomic E-state index is -2.71. The minimum Gasteiger partial charge on any atom is -0.510 e. The maximum Gasteiger partial charge on any atom is 0.262 e. The highest BCUT2D eigenvalue weighted by Gasteiger charge is 2.77. The molecule has 0 saturated carbocycles. The summed E-state index contributed by atoms with van der Waals surface area (Å²) in [5, 5.41) is 62.1. The molecule has 2 fully saturated rings. The molecular formula is C28H34N2O11. The standard InChI is InChI=1S/C28H34N2O11/c1-12-14-6-5-7-15(32)17(14)27(38-8-9-39-27)18-16(12)22(33)19-21(30(3)4)23(34)20(25(36)29-13(2)31)28(40-10-11-41-28)26(19,37)24(18)35/h5-7,12,16,19,21-22,32-35,37H,8-11H2,1-4H3,(H,29,31,36)/t12-,16+,19+,21-,22-,26-/m0/s1. The Morgan fingerprint density at radius 1 is 1.02 bits per heavy atom. The van der Waals surface area contributed by atoms with E-state index in [1.54, 1.807) is 33.2 Å². The molecule has 3 aliphatic carbocycles. The van der Waals surface area contributed by atoms with Gasteiger partial charge in [0.2, 0.25) is 17.5 Å². The zero-order valence-electron chi connectivity index (χ0n) is 23.1. The monoisotopic (exact) mass is 574 g/mol. The number of fused-ring (bicyclic) bond motifs is 6. The van der Waals surface area contributed by atoms with Crippen LogP contribution in [0, 0.1) is 11.8 Å². The largest absolute Gasteiger partial charge is 0.510 e. The number of nitrogens with one attached hydrogen (secondary N) is 1. The number of aromatic hydroxyl groups is 1. The van der Waals surface area contributed by atoms with Gasteiger partial charge in [-0.2, -0.15) is 0 Å². The van der Waals surface area contributed by atoms with Crippen molar-refractivity contribution >= 4 is 11.8 Å². The molecule has 2 heterocycles. The molecule has 222 valence electrons. The molecule has 0 radical (unpaired) electrons. The number of phenols is 1. The molecule has 13 nitrogen and oxygen atoms in total. The maximum absolute atomic E-state index is 13.5. The normalized spacial score (nSPS) is 35.0. The van der Waals surface area contributed by atoms with Crippen LogP contribution in [0.3, 0.4) is 0 Å². The number of hydrogen-bond acceptors (Lipinski definition) is 12. The van der Waals surface area contributed by atoms with E-state index in [0.717, 1.165) is 6.92 Å². The second kappa shape index (κ2) is 9.23. The average Bonchev–Trinajstić information content (AvgIpc) is 3.58. The van der Waals surface area contributed by atoms with E-state index in [9.17, 15) is 35.1 Å². The van der Waals surface area contributed by atoms with Crippen LogP contribution in [0.15, 0.2) is 40.9 Å². The Morgan fingerprint density at radius 2 is 1.63 bits per heavy atom. The number of carbonyl (C=O) groups is 2. The average molecular weight is 575 g/mol. The lowest BCUT2D eigenvalue weighted by Crippen LogP contribution is -2.75. The fourth-order valence-electron chi connectivity index (χ4n) is 7.72. The van der Waals surface area contributed by atoms with Gasteiger partial charge in [-0.25, -0.2) is 0 Å². The summed E-state index contributed by atoms with van der Waals surface area (Å²) in [6, 6.07) is 3.62. The highest BCUT2D eigenvalue weighted by Crippen LogP contribution is 2.65. The fraction of sp³-hybridized carbons (Fsp3) is 0.571. The van der Waals surface area contributed by atoms with E-state index in [4.69, 9.17) is 18.9 Å². The lowest BCUT2D eigenvalue weighted by atomic mass is 9.53. The van der Waals surface area contributed by atoms with Crippen molar-refractivity contribution in [2.24, 2.45) is 11.8 Å². The third-order valence-corrected chi connectivity index (χ3v) is 9.12. The van der Waals surface area contributed by atoms with Gasteiger partial charge in [0.15, 0.2) is 5.60 Å². The predicted octanol–water partition coefficient (Wildman–Crippen LogP) is 0.0207. The van der Waals surface area contributed by atoms with Gasteiger partial charge in [-0.3, -0.25) is 19.8 Å². The Balaban J connectivity index is 1.71. The van der Waals surface area contributed by atoms with Crippen LogP contribution in [-0.4, -0.2) is 106 Å². The van der Waals surface area contributed by atoms with Crippen molar-refractivity contribution in [3.63, 3.8) is 0 Å². The van der Waals surface area contributed by atoms with E-state index in [-0.39, 0.29) is 43.3 Å². The first-order valence-electron chi connectivity index (χ1n) is 13.5. The molecule has 0 unspecified atom stereocenters. The summed E-state index contributed by atoms with van der Waals surface area (Å²) in [5.74, 6) is -10.7. The molecule has 41 heavy (non-hydrogen) atoms. The summed E-state index contributed by atoms with van der Waals surface area (Å²) in [6.07, 6.45) is -1.50. The van der Waals surface area contributed by atoms with Crippen LogP contribution in [0.1, 0.15) is 30.9 Å². The molecule has 2 amide bonds. The van der Waals surface area contributed by atoms with Gasteiger partial charge < -0.3 is 44.5 Å². The van der Waals surface area contributed by atoms with E-state index < -0.39 is 76.0 Å². The summed E-state index contributed by atoms with van der Waals surface area (Å²) in [5.41, 5.74) is -2.53. The number of hydrogen-bond donors (Lipinski definition) is 6. The first kappa shape index (κ1) is 28.1. The number of aliphatic hydroxyl groups is 4. The number of amides is 2. The van der Waals surface area contributed by atoms with Crippen LogP contribution in [0.2, 0.25) is 0 Å². The van der Waals surface area contributed by atoms with Crippen molar-refractivity contribution in [1.29, 1.82) is 0 Å². The van der Waals surface area contributed by atoms with Gasteiger partial charge >= 0.3 is 0 Å². The minimum absolute atomic E-state index is 0.0496. The third kappa shape index (κ3) is 3.36. The molecule has 2 saturated heterocycles. The molecule has 13 heteroatoms. The van der Waals surface area contributed by atoms with Crippen LogP contribution >= 0.6 is 0 Å². The van der Waals surface area contributed by atoms with Gasteiger partial charge in [-0.05, 0) is 31.6 Å². The van der Waals surface area contributed by atoms with Gasteiger partial charge in [0, 0.05) is 18.4 Å². The number of phenolic OH excluding ortho intramolecular Hbond substituents is 1. The molecule has 6 N–H and O–H groups in total. The van der Waals surface area contributed by atoms with Crippen molar-refractivity contribution in [3.8, 4) is 5.75 Å². The summed E-state index contributed by atoms with van der Waals surface area (Å²) in [4.78, 5) is 26.8. The molecule has 6 atom stereocenters. The molecule has 2 aliphatic heterocycles. The highest BCUT2D eigenvalue weighted by atomic mass is 16.8.